The van der Waals surface area contributed by atoms with Crippen molar-refractivity contribution < 1.29 is 8.42 Å². The monoisotopic (exact) mass is 465 g/mol. The van der Waals surface area contributed by atoms with Gasteiger partial charge in [-0.3, -0.25) is 14.6 Å². The van der Waals surface area contributed by atoms with Crippen molar-refractivity contribution >= 4 is 26.5 Å². The van der Waals surface area contributed by atoms with E-state index < -0.39 is 9.84 Å². The molecule has 1 aromatic carbocycles. The standard InChI is InChI=1S/C24H27N5O3S/c1-16-8-10-18(11-9-16)33(31,32)20-15-19-23(28(21(20)25)14-6-12-27(3)4)26-22-17(2)7-5-13-29(22)24(19)30/h5,7-11,13,15,25H,6,12,14H2,1-4H3. The molecule has 0 aliphatic heterocycles. The molecule has 0 aliphatic rings. The van der Waals surface area contributed by atoms with Crippen LogP contribution in [0.15, 0.2) is 63.2 Å². The average molecular weight is 466 g/mol. The van der Waals surface area contributed by atoms with Gasteiger partial charge in [0, 0.05) is 12.7 Å². The maximum atomic E-state index is 13.5. The van der Waals surface area contributed by atoms with Crippen molar-refractivity contribution in [2.45, 2.75) is 36.6 Å². The molecule has 4 aromatic rings. The highest BCUT2D eigenvalue weighted by Crippen LogP contribution is 2.21. The summed E-state index contributed by atoms with van der Waals surface area (Å²) in [4.78, 5) is 20.0. The Hall–Kier alpha value is -3.30. The summed E-state index contributed by atoms with van der Waals surface area (Å²) >= 11 is 0. The number of nitrogens with one attached hydrogen (secondary N) is 1. The van der Waals surface area contributed by atoms with Crippen molar-refractivity contribution in [3.63, 3.8) is 0 Å². The molecule has 0 atom stereocenters. The fourth-order valence-electron chi connectivity index (χ4n) is 3.88. The van der Waals surface area contributed by atoms with Gasteiger partial charge in [0.25, 0.3) is 5.56 Å². The Balaban J connectivity index is 2.06. The van der Waals surface area contributed by atoms with Crippen molar-refractivity contribution in [2.24, 2.45) is 0 Å². The first kappa shape index (κ1) is 22.9. The van der Waals surface area contributed by atoms with E-state index >= 15 is 0 Å². The molecule has 0 amide bonds. The quantitative estimate of drug-likeness (QED) is 0.441. The molecular weight excluding hydrogens is 438 g/mol. The summed E-state index contributed by atoms with van der Waals surface area (Å²) in [5, 5.41) is 8.99. The van der Waals surface area contributed by atoms with Gasteiger partial charge in [0.2, 0.25) is 9.84 Å². The van der Waals surface area contributed by atoms with Gasteiger partial charge in [0.15, 0.2) is 0 Å². The number of sulfone groups is 1. The van der Waals surface area contributed by atoms with E-state index in [1.165, 1.54) is 22.6 Å². The first-order valence-electron chi connectivity index (χ1n) is 10.7. The SMILES string of the molecule is Cc1ccc(S(=O)(=O)c2cc3c(=O)n4cccc(C)c4nc3n(CCCN(C)C)c2=N)cc1. The van der Waals surface area contributed by atoms with Gasteiger partial charge in [-0.15, -0.1) is 0 Å². The van der Waals surface area contributed by atoms with Crippen molar-refractivity contribution in [1.82, 2.24) is 18.9 Å². The van der Waals surface area contributed by atoms with Gasteiger partial charge in [-0.2, -0.15) is 0 Å². The molecular formula is C24H27N5O3S. The zero-order chi connectivity index (χ0) is 23.9. The molecule has 0 unspecified atom stereocenters. The minimum Gasteiger partial charge on any atom is -0.310 e. The van der Waals surface area contributed by atoms with Crippen LogP contribution in [0.5, 0.6) is 0 Å². The van der Waals surface area contributed by atoms with Crippen molar-refractivity contribution in [1.29, 1.82) is 5.41 Å². The minimum atomic E-state index is -4.01. The average Bonchev–Trinajstić information content (AvgIpc) is 2.76. The largest absolute Gasteiger partial charge is 0.310 e. The summed E-state index contributed by atoms with van der Waals surface area (Å²) in [6.07, 6.45) is 2.29. The highest BCUT2D eigenvalue weighted by atomic mass is 32.2. The number of aryl methyl sites for hydroxylation is 3. The van der Waals surface area contributed by atoms with Crippen LogP contribution in [-0.4, -0.2) is 47.9 Å². The molecule has 9 heteroatoms. The Labute approximate surface area is 192 Å². The number of hydrogen-bond acceptors (Lipinski definition) is 6. The van der Waals surface area contributed by atoms with Crippen LogP contribution in [0.4, 0.5) is 0 Å². The Morgan fingerprint density at radius 3 is 2.42 bits per heavy atom. The Kier molecular flexibility index (Phi) is 5.94. The third kappa shape index (κ3) is 4.09. The molecule has 3 aromatic heterocycles. The summed E-state index contributed by atoms with van der Waals surface area (Å²) in [5.41, 5.74) is 2.03. The third-order valence-corrected chi connectivity index (χ3v) is 7.49. The first-order valence-corrected chi connectivity index (χ1v) is 12.2. The van der Waals surface area contributed by atoms with E-state index in [1.807, 2.05) is 38.9 Å². The van der Waals surface area contributed by atoms with Crippen LogP contribution in [0.25, 0.3) is 16.7 Å². The number of benzene rings is 1. The van der Waals surface area contributed by atoms with Gasteiger partial charge in [-0.05, 0) is 70.7 Å². The van der Waals surface area contributed by atoms with Crippen LogP contribution in [0.2, 0.25) is 0 Å². The van der Waals surface area contributed by atoms with Crippen LogP contribution in [-0.2, 0) is 16.4 Å². The van der Waals surface area contributed by atoms with Crippen molar-refractivity contribution in [3.05, 3.63) is 75.6 Å². The summed E-state index contributed by atoms with van der Waals surface area (Å²) in [6, 6.07) is 11.4. The molecule has 0 aliphatic carbocycles. The smallest absolute Gasteiger partial charge is 0.267 e. The van der Waals surface area contributed by atoms with E-state index in [9.17, 15) is 13.2 Å². The van der Waals surface area contributed by atoms with E-state index in [0.29, 0.717) is 24.3 Å². The highest BCUT2D eigenvalue weighted by Gasteiger charge is 2.24. The second-order valence-corrected chi connectivity index (χ2v) is 10.4. The summed E-state index contributed by atoms with van der Waals surface area (Å²) < 4.78 is 30.0. The van der Waals surface area contributed by atoms with E-state index in [4.69, 9.17) is 10.4 Å². The van der Waals surface area contributed by atoms with Gasteiger partial charge in [-0.1, -0.05) is 23.8 Å². The number of fused-ring (bicyclic) bond motifs is 2. The lowest BCUT2D eigenvalue weighted by Gasteiger charge is -2.16. The number of hydrogen-bond donors (Lipinski definition) is 1. The van der Waals surface area contributed by atoms with Crippen LogP contribution in [0, 0.1) is 19.3 Å². The maximum Gasteiger partial charge on any atom is 0.267 e. The number of aromatic nitrogens is 3. The second kappa shape index (κ2) is 8.57. The molecule has 33 heavy (non-hydrogen) atoms. The minimum absolute atomic E-state index is 0.0884. The number of rotatable bonds is 6. The molecule has 0 fully saturated rings. The maximum absolute atomic E-state index is 13.5. The van der Waals surface area contributed by atoms with E-state index in [2.05, 4.69) is 0 Å². The molecule has 1 N–H and O–H groups in total. The van der Waals surface area contributed by atoms with Gasteiger partial charge < -0.3 is 9.47 Å². The lowest BCUT2D eigenvalue weighted by molar-refractivity contribution is 0.385. The summed E-state index contributed by atoms with van der Waals surface area (Å²) in [6.45, 7) is 4.84. The second-order valence-electron chi connectivity index (χ2n) is 8.52. The number of nitrogens with zero attached hydrogens (tertiary/aromatic N) is 4. The van der Waals surface area contributed by atoms with Gasteiger partial charge in [0.05, 0.1) is 10.3 Å². The lowest BCUT2D eigenvalue weighted by atomic mass is 10.2. The molecule has 0 spiro atoms. The van der Waals surface area contributed by atoms with Gasteiger partial charge >= 0.3 is 0 Å². The fourth-order valence-corrected chi connectivity index (χ4v) is 5.27. The predicted octanol–water partition coefficient (Wildman–Crippen LogP) is 2.53. The molecule has 0 saturated heterocycles. The summed E-state index contributed by atoms with van der Waals surface area (Å²) in [5.74, 6) is 0. The molecule has 3 heterocycles. The number of pyridine rings is 2. The van der Waals surface area contributed by atoms with Crippen LogP contribution in [0.1, 0.15) is 17.5 Å². The zero-order valence-electron chi connectivity index (χ0n) is 19.2. The molecule has 4 rings (SSSR count). The predicted molar refractivity (Wildman–Crippen MR) is 127 cm³/mol. The third-order valence-electron chi connectivity index (χ3n) is 5.71. The highest BCUT2D eigenvalue weighted by molar-refractivity contribution is 7.91. The molecule has 172 valence electrons. The van der Waals surface area contributed by atoms with Crippen LogP contribution < -0.4 is 11.0 Å². The Bertz CT molecular complexity index is 1580. The van der Waals surface area contributed by atoms with E-state index in [0.717, 1.165) is 17.7 Å². The van der Waals surface area contributed by atoms with Crippen molar-refractivity contribution in [3.8, 4) is 0 Å². The molecule has 0 bridgehead atoms. The van der Waals surface area contributed by atoms with E-state index in [1.54, 1.807) is 29.0 Å². The van der Waals surface area contributed by atoms with Crippen LogP contribution >= 0.6 is 0 Å². The zero-order valence-corrected chi connectivity index (χ0v) is 20.0. The molecule has 8 nitrogen and oxygen atoms in total. The van der Waals surface area contributed by atoms with Crippen LogP contribution in [0.3, 0.4) is 0 Å². The topological polar surface area (TPSA) is 101 Å². The fraction of sp³-hybridized carbons (Fsp3) is 0.292. The van der Waals surface area contributed by atoms with Crippen molar-refractivity contribution in [2.75, 3.05) is 20.6 Å². The Morgan fingerprint density at radius 1 is 1.06 bits per heavy atom. The normalized spacial score (nSPS) is 12.2. The lowest BCUT2D eigenvalue weighted by Crippen LogP contribution is -2.31. The molecule has 0 saturated carbocycles. The Morgan fingerprint density at radius 2 is 1.76 bits per heavy atom. The van der Waals surface area contributed by atoms with Gasteiger partial charge in [0.1, 0.15) is 21.7 Å². The first-order chi connectivity index (χ1) is 15.6. The van der Waals surface area contributed by atoms with E-state index in [-0.39, 0.29) is 26.2 Å². The summed E-state index contributed by atoms with van der Waals surface area (Å²) in [7, 11) is -0.117. The van der Waals surface area contributed by atoms with Gasteiger partial charge in [-0.25, -0.2) is 13.4 Å². The molecule has 0 radical (unpaired) electrons.